The Morgan fingerprint density at radius 3 is 2.45 bits per heavy atom. The van der Waals surface area contributed by atoms with Crippen molar-refractivity contribution in [3.8, 4) is 0 Å². The molecule has 3 fully saturated rings. The number of hydrogen-bond acceptors (Lipinski definition) is 3. The van der Waals surface area contributed by atoms with Crippen LogP contribution in [0.4, 0.5) is 0 Å². The monoisotopic (exact) mass is 308 g/mol. The molecule has 0 radical (unpaired) electrons. The molecule has 22 heavy (non-hydrogen) atoms. The Morgan fingerprint density at radius 1 is 1.05 bits per heavy atom. The second-order valence-electron chi connectivity index (χ2n) is 7.63. The molecule has 3 rings (SSSR count). The Balaban J connectivity index is 1.39. The molecular weight excluding hydrogens is 276 g/mol. The number of rotatable bonds is 5. The van der Waals surface area contributed by atoms with Crippen molar-refractivity contribution in [3.05, 3.63) is 0 Å². The number of likely N-dealkylation sites (tertiary alicyclic amines) is 1. The highest BCUT2D eigenvalue weighted by atomic mass is 16.3. The summed E-state index contributed by atoms with van der Waals surface area (Å²) in [7, 11) is 0. The first-order chi connectivity index (χ1) is 10.7. The first-order valence-corrected chi connectivity index (χ1v) is 9.44. The number of aliphatic hydroxyl groups excluding tert-OH is 1. The van der Waals surface area contributed by atoms with Crippen LogP contribution in [0, 0.1) is 11.8 Å². The highest BCUT2D eigenvalue weighted by molar-refractivity contribution is 5.79. The Bertz CT molecular complexity index is 362. The quantitative estimate of drug-likeness (QED) is 0.819. The van der Waals surface area contributed by atoms with E-state index in [-0.39, 0.29) is 17.9 Å². The standard InChI is InChI=1S/C18H32N2O2/c21-17(14-6-4-5-7-14)12-19-18(22)15-10-11-20(13-15)16-8-2-1-3-9-16/h14-17,21H,1-13H2,(H,19,22). The van der Waals surface area contributed by atoms with Crippen LogP contribution >= 0.6 is 0 Å². The van der Waals surface area contributed by atoms with Crippen molar-refractivity contribution in [3.63, 3.8) is 0 Å². The van der Waals surface area contributed by atoms with Gasteiger partial charge in [-0.1, -0.05) is 32.1 Å². The highest BCUT2D eigenvalue weighted by Gasteiger charge is 2.33. The van der Waals surface area contributed by atoms with Crippen LogP contribution in [0.1, 0.15) is 64.2 Å². The van der Waals surface area contributed by atoms with Crippen LogP contribution in [0.2, 0.25) is 0 Å². The molecule has 0 aromatic carbocycles. The van der Waals surface area contributed by atoms with Gasteiger partial charge in [0.2, 0.25) is 5.91 Å². The van der Waals surface area contributed by atoms with Gasteiger partial charge in [-0.3, -0.25) is 9.69 Å². The van der Waals surface area contributed by atoms with Gasteiger partial charge >= 0.3 is 0 Å². The van der Waals surface area contributed by atoms with Crippen LogP contribution in [0.15, 0.2) is 0 Å². The molecule has 1 aliphatic heterocycles. The number of carbonyl (C=O) groups is 1. The van der Waals surface area contributed by atoms with Gasteiger partial charge in [0, 0.05) is 19.1 Å². The third-order valence-electron chi connectivity index (χ3n) is 6.11. The first-order valence-electron chi connectivity index (χ1n) is 9.44. The summed E-state index contributed by atoms with van der Waals surface area (Å²) < 4.78 is 0. The van der Waals surface area contributed by atoms with E-state index in [1.807, 2.05) is 0 Å². The number of aliphatic hydroxyl groups is 1. The fourth-order valence-corrected chi connectivity index (χ4v) is 4.64. The molecule has 126 valence electrons. The molecule has 2 saturated carbocycles. The number of carbonyl (C=O) groups excluding carboxylic acids is 1. The van der Waals surface area contributed by atoms with Crippen LogP contribution in [0.5, 0.6) is 0 Å². The molecule has 0 aromatic rings. The fraction of sp³-hybridized carbons (Fsp3) is 0.944. The maximum Gasteiger partial charge on any atom is 0.224 e. The molecule has 0 aromatic heterocycles. The summed E-state index contributed by atoms with van der Waals surface area (Å²) in [5.74, 6) is 0.704. The van der Waals surface area contributed by atoms with Crippen molar-refractivity contribution in [2.24, 2.45) is 11.8 Å². The lowest BCUT2D eigenvalue weighted by Crippen LogP contribution is -2.40. The zero-order chi connectivity index (χ0) is 15.4. The Hall–Kier alpha value is -0.610. The van der Waals surface area contributed by atoms with Crippen molar-refractivity contribution in [1.82, 2.24) is 10.2 Å². The van der Waals surface area contributed by atoms with Gasteiger partial charge in [-0.2, -0.15) is 0 Å². The van der Waals surface area contributed by atoms with E-state index < -0.39 is 0 Å². The Kier molecular flexibility index (Phi) is 5.75. The number of amides is 1. The maximum absolute atomic E-state index is 12.3. The summed E-state index contributed by atoms with van der Waals surface area (Å²) in [6, 6.07) is 0.718. The smallest absolute Gasteiger partial charge is 0.224 e. The van der Waals surface area contributed by atoms with Crippen molar-refractivity contribution in [2.45, 2.75) is 76.4 Å². The molecule has 4 nitrogen and oxygen atoms in total. The van der Waals surface area contributed by atoms with Crippen molar-refractivity contribution in [1.29, 1.82) is 0 Å². The van der Waals surface area contributed by atoms with E-state index >= 15 is 0 Å². The third kappa shape index (κ3) is 4.02. The molecule has 0 bridgehead atoms. The normalized spacial score (nSPS) is 29.8. The number of nitrogens with one attached hydrogen (secondary N) is 1. The molecule has 0 spiro atoms. The van der Waals surface area contributed by atoms with Gasteiger partial charge in [0.05, 0.1) is 12.0 Å². The van der Waals surface area contributed by atoms with E-state index in [1.165, 1.54) is 44.9 Å². The second kappa shape index (κ2) is 7.78. The summed E-state index contributed by atoms with van der Waals surface area (Å²) in [6.45, 7) is 2.45. The molecular formula is C18H32N2O2. The van der Waals surface area contributed by atoms with Gasteiger partial charge in [-0.15, -0.1) is 0 Å². The molecule has 2 unspecified atom stereocenters. The Morgan fingerprint density at radius 2 is 1.73 bits per heavy atom. The van der Waals surface area contributed by atoms with Gasteiger partial charge in [-0.25, -0.2) is 0 Å². The summed E-state index contributed by atoms with van der Waals surface area (Å²) >= 11 is 0. The molecule has 3 aliphatic rings. The Labute approximate surface area is 134 Å². The van der Waals surface area contributed by atoms with Gasteiger partial charge < -0.3 is 10.4 Å². The minimum Gasteiger partial charge on any atom is -0.391 e. The average molecular weight is 308 g/mol. The van der Waals surface area contributed by atoms with Gasteiger partial charge in [0.1, 0.15) is 0 Å². The van der Waals surface area contributed by atoms with Gasteiger partial charge in [0.15, 0.2) is 0 Å². The first kappa shape index (κ1) is 16.3. The van der Waals surface area contributed by atoms with Crippen molar-refractivity contribution in [2.75, 3.05) is 19.6 Å². The molecule has 4 heteroatoms. The van der Waals surface area contributed by atoms with Crippen LogP contribution in [-0.4, -0.2) is 47.7 Å². The second-order valence-corrected chi connectivity index (χ2v) is 7.63. The van der Waals surface area contributed by atoms with E-state index in [0.29, 0.717) is 12.5 Å². The minimum absolute atomic E-state index is 0.137. The lowest BCUT2D eigenvalue weighted by molar-refractivity contribution is -0.125. The third-order valence-corrected chi connectivity index (χ3v) is 6.11. The summed E-state index contributed by atoms with van der Waals surface area (Å²) in [4.78, 5) is 14.9. The van der Waals surface area contributed by atoms with Gasteiger partial charge in [0.25, 0.3) is 0 Å². The van der Waals surface area contributed by atoms with Crippen molar-refractivity contribution < 1.29 is 9.90 Å². The topological polar surface area (TPSA) is 52.6 Å². The van der Waals surface area contributed by atoms with E-state index in [2.05, 4.69) is 10.2 Å². The maximum atomic E-state index is 12.3. The summed E-state index contributed by atoms with van der Waals surface area (Å²) in [5.41, 5.74) is 0. The van der Waals surface area contributed by atoms with Crippen molar-refractivity contribution >= 4 is 5.91 Å². The van der Waals surface area contributed by atoms with Crippen LogP contribution in [0.25, 0.3) is 0 Å². The van der Waals surface area contributed by atoms with Gasteiger partial charge in [-0.05, 0) is 44.6 Å². The fourth-order valence-electron chi connectivity index (χ4n) is 4.64. The molecule has 2 aliphatic carbocycles. The van der Waals surface area contributed by atoms with Crippen LogP contribution < -0.4 is 5.32 Å². The lowest BCUT2D eigenvalue weighted by Gasteiger charge is -2.31. The highest BCUT2D eigenvalue weighted by Crippen LogP contribution is 2.29. The average Bonchev–Trinajstić information content (AvgIpc) is 3.24. The number of hydrogen-bond donors (Lipinski definition) is 2. The molecule has 1 saturated heterocycles. The molecule has 1 heterocycles. The molecule has 2 N–H and O–H groups in total. The van der Waals surface area contributed by atoms with Crippen LogP contribution in [-0.2, 0) is 4.79 Å². The SMILES string of the molecule is O=C(NCC(O)C1CCCC1)C1CCN(C2CCCCC2)C1. The zero-order valence-electron chi connectivity index (χ0n) is 13.8. The number of nitrogens with zero attached hydrogens (tertiary/aromatic N) is 1. The predicted molar refractivity (Wildman–Crippen MR) is 87.5 cm³/mol. The van der Waals surface area contributed by atoms with E-state index in [9.17, 15) is 9.90 Å². The zero-order valence-corrected chi connectivity index (χ0v) is 13.8. The summed E-state index contributed by atoms with van der Waals surface area (Å²) in [5, 5.41) is 13.2. The van der Waals surface area contributed by atoms with E-state index in [0.717, 1.165) is 38.4 Å². The molecule has 2 atom stereocenters. The minimum atomic E-state index is -0.345. The lowest BCUT2D eigenvalue weighted by atomic mass is 9.94. The van der Waals surface area contributed by atoms with Crippen LogP contribution in [0.3, 0.4) is 0 Å². The summed E-state index contributed by atoms with van der Waals surface area (Å²) in [6.07, 6.45) is 12.1. The van der Waals surface area contributed by atoms with E-state index in [1.54, 1.807) is 0 Å². The predicted octanol–water partition coefficient (Wildman–Crippen LogP) is 2.31. The molecule has 1 amide bonds. The largest absolute Gasteiger partial charge is 0.391 e. The van der Waals surface area contributed by atoms with E-state index in [4.69, 9.17) is 0 Å².